The van der Waals surface area contributed by atoms with Crippen molar-refractivity contribution in [1.82, 2.24) is 0 Å². The van der Waals surface area contributed by atoms with Crippen LogP contribution in [0.25, 0.3) is 0 Å². The van der Waals surface area contributed by atoms with E-state index in [1.54, 1.807) is 12.1 Å². The summed E-state index contributed by atoms with van der Waals surface area (Å²) in [7, 11) is 0. The summed E-state index contributed by atoms with van der Waals surface area (Å²) in [5.74, 6) is -1.79. The molecule has 2 aromatic carbocycles. The summed E-state index contributed by atoms with van der Waals surface area (Å²) in [5.41, 5.74) is 2.38. The van der Waals surface area contributed by atoms with Crippen molar-refractivity contribution >= 4 is 11.7 Å². The van der Waals surface area contributed by atoms with E-state index >= 15 is 0 Å². The maximum Gasteiger partial charge on any atom is 0.338 e. The van der Waals surface area contributed by atoms with E-state index in [0.717, 1.165) is 30.0 Å². The second kappa shape index (κ2) is 5.09. The van der Waals surface area contributed by atoms with Gasteiger partial charge in [0.15, 0.2) is 0 Å². The van der Waals surface area contributed by atoms with E-state index in [0.29, 0.717) is 5.69 Å². The van der Waals surface area contributed by atoms with Crippen LogP contribution in [-0.2, 0) is 6.42 Å². The predicted molar refractivity (Wildman–Crippen MR) is 76.2 cm³/mol. The van der Waals surface area contributed by atoms with Crippen LogP contribution < -0.4 is 5.32 Å². The minimum Gasteiger partial charge on any atom is -0.508 e. The Balaban J connectivity index is 1.86. The second-order valence-electron chi connectivity index (χ2n) is 5.12. The number of phenolic OH excluding ortho intramolecular Hbond substituents is 1. The third-order valence-corrected chi connectivity index (χ3v) is 3.74. The molecule has 4 nitrogen and oxygen atoms in total. The first-order valence-electron chi connectivity index (χ1n) is 6.66. The van der Waals surface area contributed by atoms with Crippen molar-refractivity contribution in [3.63, 3.8) is 0 Å². The molecular weight excluding hydrogens is 273 g/mol. The smallest absolute Gasteiger partial charge is 0.338 e. The first-order chi connectivity index (χ1) is 10.0. The van der Waals surface area contributed by atoms with Crippen LogP contribution in [-0.4, -0.2) is 16.2 Å². The van der Waals surface area contributed by atoms with E-state index in [-0.39, 0.29) is 17.4 Å². The molecule has 0 fully saturated rings. The zero-order chi connectivity index (χ0) is 15.0. The molecule has 0 aliphatic heterocycles. The molecule has 1 aliphatic carbocycles. The van der Waals surface area contributed by atoms with Gasteiger partial charge in [-0.25, -0.2) is 9.18 Å². The topological polar surface area (TPSA) is 69.6 Å². The number of carboxylic acid groups (broad SMARTS) is 1. The average molecular weight is 287 g/mol. The number of halogens is 1. The molecule has 0 amide bonds. The molecule has 0 heterocycles. The van der Waals surface area contributed by atoms with E-state index in [1.807, 2.05) is 6.07 Å². The van der Waals surface area contributed by atoms with Gasteiger partial charge in [-0.1, -0.05) is 6.07 Å². The first kappa shape index (κ1) is 13.4. The Morgan fingerprint density at radius 3 is 2.81 bits per heavy atom. The highest BCUT2D eigenvalue weighted by Gasteiger charge is 2.23. The lowest BCUT2D eigenvalue weighted by molar-refractivity contribution is 0.0692. The standard InChI is InChI=1S/C16H14FNO3/c17-14-5-2-10(8-13(14)16(20)21)18-15-6-1-9-7-11(19)3-4-12(9)15/h2-5,7-8,15,18-19H,1,6H2,(H,20,21). The lowest BCUT2D eigenvalue weighted by atomic mass is 10.1. The first-order valence-corrected chi connectivity index (χ1v) is 6.66. The number of carboxylic acids is 1. The Kier molecular flexibility index (Phi) is 3.25. The van der Waals surface area contributed by atoms with Crippen LogP contribution in [0, 0.1) is 5.82 Å². The number of hydrogen-bond acceptors (Lipinski definition) is 3. The molecule has 0 saturated carbocycles. The fourth-order valence-corrected chi connectivity index (χ4v) is 2.73. The van der Waals surface area contributed by atoms with Crippen molar-refractivity contribution in [2.75, 3.05) is 5.32 Å². The Labute approximate surface area is 120 Å². The van der Waals surface area contributed by atoms with E-state index in [2.05, 4.69) is 5.32 Å². The van der Waals surface area contributed by atoms with E-state index < -0.39 is 11.8 Å². The fraction of sp³-hybridized carbons (Fsp3) is 0.188. The molecule has 0 radical (unpaired) electrons. The van der Waals surface area contributed by atoms with Crippen LogP contribution in [0.4, 0.5) is 10.1 Å². The zero-order valence-corrected chi connectivity index (χ0v) is 11.1. The largest absolute Gasteiger partial charge is 0.508 e. The summed E-state index contributed by atoms with van der Waals surface area (Å²) in [4.78, 5) is 11.0. The monoisotopic (exact) mass is 287 g/mol. The van der Waals surface area contributed by atoms with Crippen LogP contribution in [0.5, 0.6) is 5.75 Å². The summed E-state index contributed by atoms with van der Waals surface area (Å²) >= 11 is 0. The third-order valence-electron chi connectivity index (χ3n) is 3.74. The molecule has 5 heteroatoms. The van der Waals surface area contributed by atoms with Crippen LogP contribution >= 0.6 is 0 Å². The van der Waals surface area contributed by atoms with E-state index in [9.17, 15) is 14.3 Å². The number of carbonyl (C=O) groups is 1. The number of nitrogens with one attached hydrogen (secondary N) is 1. The molecule has 2 aromatic rings. The lowest BCUT2D eigenvalue weighted by Crippen LogP contribution is -2.09. The van der Waals surface area contributed by atoms with Crippen molar-refractivity contribution in [3.8, 4) is 5.75 Å². The van der Waals surface area contributed by atoms with Crippen LogP contribution in [0.1, 0.15) is 33.9 Å². The van der Waals surface area contributed by atoms with Gasteiger partial charge in [-0.2, -0.15) is 0 Å². The van der Waals surface area contributed by atoms with Gasteiger partial charge >= 0.3 is 5.97 Å². The van der Waals surface area contributed by atoms with E-state index in [1.165, 1.54) is 12.1 Å². The van der Waals surface area contributed by atoms with Gasteiger partial charge in [0.05, 0.1) is 11.6 Å². The number of benzene rings is 2. The molecule has 0 bridgehead atoms. The van der Waals surface area contributed by atoms with Crippen molar-refractivity contribution in [3.05, 3.63) is 58.9 Å². The normalized spacial score (nSPS) is 16.5. The Morgan fingerprint density at radius 1 is 1.24 bits per heavy atom. The lowest BCUT2D eigenvalue weighted by Gasteiger charge is -2.16. The minimum atomic E-state index is -1.28. The van der Waals surface area contributed by atoms with Gasteiger partial charge < -0.3 is 15.5 Å². The number of phenols is 1. The molecule has 0 aromatic heterocycles. The Hall–Kier alpha value is -2.56. The maximum absolute atomic E-state index is 13.4. The molecule has 108 valence electrons. The minimum absolute atomic E-state index is 0.0349. The SMILES string of the molecule is O=C(O)c1cc(NC2CCc3cc(O)ccc32)ccc1F. The van der Waals surface area contributed by atoms with Gasteiger partial charge in [0.1, 0.15) is 11.6 Å². The molecule has 1 unspecified atom stereocenters. The number of aromatic carboxylic acids is 1. The quantitative estimate of drug-likeness (QED) is 0.810. The van der Waals surface area contributed by atoms with Gasteiger partial charge in [-0.3, -0.25) is 0 Å². The number of hydrogen-bond donors (Lipinski definition) is 3. The maximum atomic E-state index is 13.4. The van der Waals surface area contributed by atoms with Crippen molar-refractivity contribution in [1.29, 1.82) is 0 Å². The second-order valence-corrected chi connectivity index (χ2v) is 5.12. The van der Waals surface area contributed by atoms with Crippen LogP contribution in [0.15, 0.2) is 36.4 Å². The van der Waals surface area contributed by atoms with Gasteiger partial charge in [0.2, 0.25) is 0 Å². The summed E-state index contributed by atoms with van der Waals surface area (Å²) in [5, 5.41) is 21.6. The van der Waals surface area contributed by atoms with Gasteiger partial charge in [0.25, 0.3) is 0 Å². The fourth-order valence-electron chi connectivity index (χ4n) is 2.73. The van der Waals surface area contributed by atoms with Crippen molar-refractivity contribution in [2.45, 2.75) is 18.9 Å². The van der Waals surface area contributed by atoms with Crippen molar-refractivity contribution < 1.29 is 19.4 Å². The molecule has 0 saturated heterocycles. The van der Waals surface area contributed by atoms with Crippen LogP contribution in [0.2, 0.25) is 0 Å². The Bertz CT molecular complexity index is 715. The Morgan fingerprint density at radius 2 is 2.05 bits per heavy atom. The summed E-state index contributed by atoms with van der Waals surface area (Å²) < 4.78 is 13.4. The predicted octanol–water partition coefficient (Wildman–Crippen LogP) is 3.33. The van der Waals surface area contributed by atoms with Gasteiger partial charge in [-0.15, -0.1) is 0 Å². The molecule has 0 spiro atoms. The van der Waals surface area contributed by atoms with Gasteiger partial charge in [0, 0.05) is 5.69 Å². The zero-order valence-electron chi connectivity index (χ0n) is 11.1. The summed E-state index contributed by atoms with van der Waals surface area (Å²) in [6.45, 7) is 0. The molecular formula is C16H14FNO3. The van der Waals surface area contributed by atoms with E-state index in [4.69, 9.17) is 5.11 Å². The highest BCUT2D eigenvalue weighted by Crippen LogP contribution is 2.35. The molecule has 1 aliphatic rings. The third kappa shape index (κ3) is 2.54. The highest BCUT2D eigenvalue weighted by atomic mass is 19.1. The number of aryl methyl sites for hydroxylation is 1. The molecule has 21 heavy (non-hydrogen) atoms. The summed E-state index contributed by atoms with van der Waals surface area (Å²) in [6.07, 6.45) is 1.69. The number of aromatic hydroxyl groups is 1. The van der Waals surface area contributed by atoms with Gasteiger partial charge in [-0.05, 0) is 54.3 Å². The number of anilines is 1. The average Bonchev–Trinajstić information content (AvgIpc) is 2.83. The van der Waals surface area contributed by atoms with Crippen LogP contribution in [0.3, 0.4) is 0 Å². The van der Waals surface area contributed by atoms with Crippen molar-refractivity contribution in [2.24, 2.45) is 0 Å². The molecule has 3 N–H and O–H groups in total. The number of rotatable bonds is 3. The molecule has 3 rings (SSSR count). The number of fused-ring (bicyclic) bond motifs is 1. The summed E-state index contributed by atoms with van der Waals surface area (Å²) in [6, 6.07) is 9.25. The molecule has 1 atom stereocenters. The highest BCUT2D eigenvalue weighted by molar-refractivity contribution is 5.89.